The van der Waals surface area contributed by atoms with Gasteiger partial charge < -0.3 is 9.64 Å². The molecule has 3 nitrogen and oxygen atoms in total. The first-order valence-electron chi connectivity index (χ1n) is 7.32. The van der Waals surface area contributed by atoms with Gasteiger partial charge in [0.05, 0.1) is 5.57 Å². The zero-order valence-electron chi connectivity index (χ0n) is 11.9. The number of hydrogen-bond donors (Lipinski definition) is 0. The Labute approximate surface area is 120 Å². The van der Waals surface area contributed by atoms with Crippen LogP contribution >= 0.6 is 0 Å². The number of hydrogen-bond acceptors (Lipinski definition) is 3. The molecule has 0 N–H and O–H groups in total. The van der Waals surface area contributed by atoms with Crippen LogP contribution in [-0.4, -0.2) is 36.1 Å². The van der Waals surface area contributed by atoms with Crippen molar-refractivity contribution in [2.75, 3.05) is 7.05 Å². The fourth-order valence-electron chi connectivity index (χ4n) is 3.44. The van der Waals surface area contributed by atoms with Crippen LogP contribution in [0.3, 0.4) is 0 Å². The van der Waals surface area contributed by atoms with E-state index in [2.05, 4.69) is 18.5 Å². The summed E-state index contributed by atoms with van der Waals surface area (Å²) in [5, 5.41) is 0. The van der Waals surface area contributed by atoms with Crippen molar-refractivity contribution in [3.8, 4) is 0 Å². The normalized spacial score (nSPS) is 29.1. The van der Waals surface area contributed by atoms with Crippen molar-refractivity contribution in [1.82, 2.24) is 4.90 Å². The van der Waals surface area contributed by atoms with E-state index in [-0.39, 0.29) is 12.1 Å². The molecule has 106 valence electrons. The van der Waals surface area contributed by atoms with E-state index < -0.39 is 0 Å². The summed E-state index contributed by atoms with van der Waals surface area (Å²) < 4.78 is 5.67. The maximum Gasteiger partial charge on any atom is 0.338 e. The summed E-state index contributed by atoms with van der Waals surface area (Å²) in [6, 6.07) is 10.7. The van der Waals surface area contributed by atoms with Crippen molar-refractivity contribution in [3.05, 3.63) is 42.5 Å². The molecule has 20 heavy (non-hydrogen) atoms. The third-order valence-electron chi connectivity index (χ3n) is 4.70. The number of esters is 1. The second-order valence-electron chi connectivity index (χ2n) is 5.89. The number of rotatable bonds is 3. The average molecular weight is 271 g/mol. The molecule has 0 aromatic heterocycles. The minimum Gasteiger partial charge on any atom is -0.459 e. The number of carbonyl (C=O) groups is 1. The molecule has 1 aromatic rings. The van der Waals surface area contributed by atoms with E-state index in [0.29, 0.717) is 17.7 Å². The lowest BCUT2D eigenvalue weighted by atomic mass is 10.0. The van der Waals surface area contributed by atoms with Gasteiger partial charge in [-0.25, -0.2) is 4.79 Å². The topological polar surface area (TPSA) is 29.5 Å². The zero-order chi connectivity index (χ0) is 14.1. The highest BCUT2D eigenvalue weighted by Crippen LogP contribution is 2.35. The molecule has 0 saturated carbocycles. The molecular formula is C17H21NO2. The Morgan fingerprint density at radius 3 is 2.40 bits per heavy atom. The standard InChI is InChI=1S/C17H21NO2/c1-12(13-6-4-3-5-7-13)17(19)20-16-10-14-8-9-15(11-16)18(14)2/h3-7,14-16H,1,8-11H2,2H3/t14-,15+,16?. The number of ether oxygens (including phenoxy) is 1. The van der Waals surface area contributed by atoms with E-state index in [9.17, 15) is 4.79 Å². The van der Waals surface area contributed by atoms with Crippen molar-refractivity contribution >= 4 is 11.5 Å². The van der Waals surface area contributed by atoms with Crippen LogP contribution in [0.25, 0.3) is 5.57 Å². The summed E-state index contributed by atoms with van der Waals surface area (Å²) >= 11 is 0. The number of fused-ring (bicyclic) bond motifs is 2. The van der Waals surface area contributed by atoms with Crippen molar-refractivity contribution in [2.45, 2.75) is 43.9 Å². The van der Waals surface area contributed by atoms with E-state index in [1.807, 2.05) is 30.3 Å². The third kappa shape index (κ3) is 2.50. The SMILES string of the molecule is C=C(C(=O)OC1C[C@H]2CC[C@@H](C1)N2C)c1ccccc1. The lowest BCUT2D eigenvalue weighted by Crippen LogP contribution is -2.43. The molecule has 2 bridgehead atoms. The Morgan fingerprint density at radius 2 is 1.80 bits per heavy atom. The van der Waals surface area contributed by atoms with Crippen molar-refractivity contribution < 1.29 is 9.53 Å². The minimum atomic E-state index is -0.273. The molecule has 3 atom stereocenters. The van der Waals surface area contributed by atoms with Gasteiger partial charge in [0.15, 0.2) is 0 Å². The molecular weight excluding hydrogens is 250 g/mol. The molecule has 3 rings (SSSR count). The second-order valence-corrected chi connectivity index (χ2v) is 5.89. The Morgan fingerprint density at radius 1 is 1.20 bits per heavy atom. The first-order chi connectivity index (χ1) is 9.65. The first-order valence-corrected chi connectivity index (χ1v) is 7.32. The van der Waals surface area contributed by atoms with E-state index in [4.69, 9.17) is 4.74 Å². The summed E-state index contributed by atoms with van der Waals surface area (Å²) in [6.45, 7) is 3.87. The monoisotopic (exact) mass is 271 g/mol. The van der Waals surface area contributed by atoms with E-state index in [0.717, 1.165) is 18.4 Å². The van der Waals surface area contributed by atoms with Gasteiger partial charge in [0, 0.05) is 24.9 Å². The van der Waals surface area contributed by atoms with E-state index >= 15 is 0 Å². The van der Waals surface area contributed by atoms with Gasteiger partial charge in [0.25, 0.3) is 0 Å². The lowest BCUT2D eigenvalue weighted by molar-refractivity contribution is -0.145. The van der Waals surface area contributed by atoms with Gasteiger partial charge in [-0.2, -0.15) is 0 Å². The molecule has 0 radical (unpaired) electrons. The molecule has 0 spiro atoms. The lowest BCUT2D eigenvalue weighted by Gasteiger charge is -2.35. The first kappa shape index (κ1) is 13.4. The Hall–Kier alpha value is -1.61. The maximum atomic E-state index is 12.2. The predicted octanol–water partition coefficient (Wildman–Crippen LogP) is 2.87. The molecule has 1 aromatic carbocycles. The van der Waals surface area contributed by atoms with Crippen LogP contribution < -0.4 is 0 Å². The molecule has 2 aliphatic rings. The van der Waals surface area contributed by atoms with Crippen LogP contribution in [0.5, 0.6) is 0 Å². The third-order valence-corrected chi connectivity index (χ3v) is 4.70. The molecule has 2 saturated heterocycles. The van der Waals surface area contributed by atoms with Crippen LogP contribution in [0.15, 0.2) is 36.9 Å². The largest absolute Gasteiger partial charge is 0.459 e. The van der Waals surface area contributed by atoms with Gasteiger partial charge in [-0.05, 0) is 25.5 Å². The van der Waals surface area contributed by atoms with Crippen molar-refractivity contribution in [2.24, 2.45) is 0 Å². The van der Waals surface area contributed by atoms with Crippen LogP contribution in [-0.2, 0) is 9.53 Å². The number of nitrogens with zero attached hydrogens (tertiary/aromatic N) is 1. The Kier molecular flexibility index (Phi) is 3.62. The predicted molar refractivity (Wildman–Crippen MR) is 79.2 cm³/mol. The Bertz CT molecular complexity index is 497. The zero-order valence-corrected chi connectivity index (χ0v) is 11.9. The van der Waals surface area contributed by atoms with Gasteiger partial charge in [-0.15, -0.1) is 0 Å². The number of benzene rings is 1. The highest BCUT2D eigenvalue weighted by Gasteiger charge is 2.39. The highest BCUT2D eigenvalue weighted by molar-refractivity contribution is 6.15. The molecule has 2 aliphatic heterocycles. The molecule has 0 aliphatic carbocycles. The fourth-order valence-corrected chi connectivity index (χ4v) is 3.44. The Balaban J connectivity index is 1.61. The van der Waals surface area contributed by atoms with Gasteiger partial charge in [-0.1, -0.05) is 36.9 Å². The second kappa shape index (κ2) is 5.41. The maximum absolute atomic E-state index is 12.2. The summed E-state index contributed by atoms with van der Waals surface area (Å²) in [5.74, 6) is -0.273. The molecule has 3 heteroatoms. The highest BCUT2D eigenvalue weighted by atomic mass is 16.5. The van der Waals surface area contributed by atoms with E-state index in [1.165, 1.54) is 12.8 Å². The van der Waals surface area contributed by atoms with E-state index in [1.54, 1.807) is 0 Å². The quantitative estimate of drug-likeness (QED) is 0.625. The number of carbonyl (C=O) groups excluding carboxylic acids is 1. The van der Waals surface area contributed by atoms with Crippen LogP contribution in [0.1, 0.15) is 31.2 Å². The van der Waals surface area contributed by atoms with Gasteiger partial charge in [0.2, 0.25) is 0 Å². The van der Waals surface area contributed by atoms with Crippen molar-refractivity contribution in [1.29, 1.82) is 0 Å². The molecule has 2 heterocycles. The van der Waals surface area contributed by atoms with Crippen LogP contribution in [0.2, 0.25) is 0 Å². The van der Waals surface area contributed by atoms with Crippen LogP contribution in [0.4, 0.5) is 0 Å². The van der Waals surface area contributed by atoms with Gasteiger partial charge in [0.1, 0.15) is 6.10 Å². The smallest absolute Gasteiger partial charge is 0.338 e. The summed E-state index contributed by atoms with van der Waals surface area (Å²) in [4.78, 5) is 14.6. The molecule has 2 fully saturated rings. The van der Waals surface area contributed by atoms with Crippen LogP contribution in [0, 0.1) is 0 Å². The van der Waals surface area contributed by atoms with Gasteiger partial charge >= 0.3 is 5.97 Å². The average Bonchev–Trinajstić information content (AvgIpc) is 2.69. The molecule has 0 amide bonds. The summed E-state index contributed by atoms with van der Waals surface area (Å²) in [5.41, 5.74) is 1.30. The van der Waals surface area contributed by atoms with Crippen molar-refractivity contribution in [3.63, 3.8) is 0 Å². The van der Waals surface area contributed by atoms with Gasteiger partial charge in [-0.3, -0.25) is 0 Å². The summed E-state index contributed by atoms with van der Waals surface area (Å²) in [6.07, 6.45) is 4.43. The molecule has 1 unspecified atom stereocenters. The fraction of sp³-hybridized carbons (Fsp3) is 0.471. The number of piperidine rings is 1. The summed E-state index contributed by atoms with van der Waals surface area (Å²) in [7, 11) is 2.18. The minimum absolute atomic E-state index is 0.0525.